The number of rotatable bonds is 4. The van der Waals surface area contributed by atoms with E-state index < -0.39 is 0 Å². The van der Waals surface area contributed by atoms with Crippen LogP contribution in [0.1, 0.15) is 5.56 Å². The zero-order chi connectivity index (χ0) is 21.5. The minimum atomic E-state index is 1.14. The van der Waals surface area contributed by atoms with Gasteiger partial charge >= 0.3 is 0 Å². The van der Waals surface area contributed by atoms with E-state index in [9.17, 15) is 0 Å². The van der Waals surface area contributed by atoms with Gasteiger partial charge in [-0.3, -0.25) is 0 Å². The average Bonchev–Trinajstić information content (AvgIpc) is 3.39. The summed E-state index contributed by atoms with van der Waals surface area (Å²) in [6.45, 7) is 3.81. The number of aromatic nitrogens is 2. The molecule has 2 heterocycles. The maximum atomic E-state index is 3.81. The van der Waals surface area contributed by atoms with Crippen molar-refractivity contribution in [1.29, 1.82) is 0 Å². The Hall–Kier alpha value is -4.30. The highest BCUT2D eigenvalue weighted by atomic mass is 15.0. The van der Waals surface area contributed by atoms with E-state index in [1.165, 1.54) is 38.3 Å². The van der Waals surface area contributed by atoms with Crippen LogP contribution in [0.4, 0.5) is 0 Å². The van der Waals surface area contributed by atoms with E-state index in [1.54, 1.807) is 0 Å². The van der Waals surface area contributed by atoms with Gasteiger partial charge in [0.1, 0.15) is 0 Å². The van der Waals surface area contributed by atoms with Crippen LogP contribution in [0.25, 0.3) is 50.2 Å². The van der Waals surface area contributed by atoms with Crippen LogP contribution in [-0.4, -0.2) is 9.13 Å². The van der Waals surface area contributed by atoms with E-state index in [4.69, 9.17) is 0 Å². The molecule has 0 aliphatic heterocycles. The lowest BCUT2D eigenvalue weighted by molar-refractivity contribution is 1.10. The Balaban J connectivity index is 1.60. The van der Waals surface area contributed by atoms with Gasteiger partial charge in [-0.05, 0) is 36.4 Å². The highest BCUT2D eigenvalue weighted by molar-refractivity contribution is 6.09. The molecule has 0 unspecified atom stereocenters. The molecule has 2 heteroatoms. The molecule has 2 nitrogen and oxygen atoms in total. The number of allylic oxidation sites excluding steroid dienone is 2. The molecule has 0 saturated heterocycles. The molecule has 0 N–H and O–H groups in total. The maximum absolute atomic E-state index is 3.81. The minimum absolute atomic E-state index is 1.14. The normalized spacial score (nSPS) is 11.8. The van der Waals surface area contributed by atoms with Gasteiger partial charge in [-0.15, -0.1) is 0 Å². The molecule has 6 rings (SSSR count). The van der Waals surface area contributed by atoms with Crippen molar-refractivity contribution in [3.8, 4) is 11.4 Å². The third-order valence-corrected chi connectivity index (χ3v) is 6.10. The second kappa shape index (κ2) is 7.44. The third-order valence-electron chi connectivity index (χ3n) is 6.10. The molecule has 0 fully saturated rings. The van der Waals surface area contributed by atoms with E-state index >= 15 is 0 Å². The van der Waals surface area contributed by atoms with Crippen molar-refractivity contribution >= 4 is 38.8 Å². The smallest absolute Gasteiger partial charge is 0.0541 e. The lowest BCUT2D eigenvalue weighted by Gasteiger charge is -2.11. The molecule has 0 aliphatic rings. The first kappa shape index (κ1) is 18.5. The Kier molecular flexibility index (Phi) is 4.29. The minimum Gasteiger partial charge on any atom is -0.316 e. The molecule has 0 bridgehead atoms. The van der Waals surface area contributed by atoms with E-state index in [-0.39, 0.29) is 0 Å². The van der Waals surface area contributed by atoms with Gasteiger partial charge in [0, 0.05) is 39.3 Å². The van der Waals surface area contributed by atoms with Gasteiger partial charge in [-0.2, -0.15) is 0 Å². The topological polar surface area (TPSA) is 9.86 Å². The van der Waals surface area contributed by atoms with E-state index in [0.29, 0.717) is 0 Å². The SMILES string of the molecule is C=C/C=C\c1cn(-c2cccc(-n3c4ccccc4c4ccccc43)c2)c2ccccc12. The van der Waals surface area contributed by atoms with Crippen LogP contribution in [-0.2, 0) is 0 Å². The summed E-state index contributed by atoms with van der Waals surface area (Å²) in [7, 11) is 0. The largest absolute Gasteiger partial charge is 0.316 e. The fourth-order valence-electron chi connectivity index (χ4n) is 4.71. The van der Waals surface area contributed by atoms with Gasteiger partial charge in [0.05, 0.1) is 16.6 Å². The van der Waals surface area contributed by atoms with Gasteiger partial charge in [-0.1, -0.05) is 85.5 Å². The van der Waals surface area contributed by atoms with Crippen molar-refractivity contribution in [2.24, 2.45) is 0 Å². The second-order valence-corrected chi connectivity index (χ2v) is 7.96. The van der Waals surface area contributed by atoms with Crippen LogP contribution in [0.5, 0.6) is 0 Å². The molecule has 0 radical (unpaired) electrons. The summed E-state index contributed by atoms with van der Waals surface area (Å²) in [5.41, 5.74) is 7.11. The maximum Gasteiger partial charge on any atom is 0.0541 e. The van der Waals surface area contributed by atoms with Crippen LogP contribution in [0.2, 0.25) is 0 Å². The first-order valence-corrected chi connectivity index (χ1v) is 10.8. The first-order chi connectivity index (χ1) is 15.8. The zero-order valence-electron chi connectivity index (χ0n) is 17.6. The van der Waals surface area contributed by atoms with Gasteiger partial charge in [0.2, 0.25) is 0 Å². The summed E-state index contributed by atoms with van der Waals surface area (Å²) in [6.07, 6.45) is 8.12. The van der Waals surface area contributed by atoms with Crippen LogP contribution < -0.4 is 0 Å². The zero-order valence-corrected chi connectivity index (χ0v) is 17.6. The molecule has 6 aromatic rings. The van der Waals surface area contributed by atoms with Gasteiger partial charge in [0.15, 0.2) is 0 Å². The molecule has 0 spiro atoms. The van der Waals surface area contributed by atoms with Crippen LogP contribution in [0, 0.1) is 0 Å². The predicted octanol–water partition coefficient (Wildman–Crippen LogP) is 7.93. The highest BCUT2D eigenvalue weighted by Gasteiger charge is 2.13. The van der Waals surface area contributed by atoms with E-state index in [1.807, 2.05) is 12.2 Å². The number of fused-ring (bicyclic) bond motifs is 4. The lowest BCUT2D eigenvalue weighted by Crippen LogP contribution is -1.97. The molecule has 0 amide bonds. The summed E-state index contributed by atoms with van der Waals surface area (Å²) in [6, 6.07) is 34.5. The fourth-order valence-corrected chi connectivity index (χ4v) is 4.71. The van der Waals surface area contributed by atoms with Crippen molar-refractivity contribution in [1.82, 2.24) is 9.13 Å². The standard InChI is InChI=1S/C30H22N2/c1-2-3-11-22-21-31(28-17-7-4-14-25(22)28)23-12-10-13-24(20-23)32-29-18-8-5-15-26(29)27-16-6-9-19-30(27)32/h2-21H,1H2/b11-3-. The Morgan fingerprint density at radius 2 is 1.19 bits per heavy atom. The number of hydrogen-bond acceptors (Lipinski definition) is 0. The molecule has 152 valence electrons. The highest BCUT2D eigenvalue weighted by Crippen LogP contribution is 2.33. The van der Waals surface area contributed by atoms with Crippen molar-refractivity contribution < 1.29 is 0 Å². The molecule has 0 saturated carbocycles. The summed E-state index contributed by atoms with van der Waals surface area (Å²) in [5, 5.41) is 3.78. The molecular formula is C30H22N2. The Bertz CT molecular complexity index is 1590. The Labute approximate surface area is 187 Å². The van der Waals surface area contributed by atoms with Crippen molar-refractivity contribution in [2.45, 2.75) is 0 Å². The molecule has 0 atom stereocenters. The van der Waals surface area contributed by atoms with Crippen LogP contribution in [0.3, 0.4) is 0 Å². The number of benzene rings is 4. The first-order valence-electron chi connectivity index (χ1n) is 10.8. The van der Waals surface area contributed by atoms with Crippen molar-refractivity contribution in [3.63, 3.8) is 0 Å². The molecular weight excluding hydrogens is 388 g/mol. The average molecular weight is 411 g/mol. The van der Waals surface area contributed by atoms with E-state index in [0.717, 1.165) is 11.4 Å². The molecule has 32 heavy (non-hydrogen) atoms. The van der Waals surface area contributed by atoms with E-state index in [2.05, 4.69) is 125 Å². The van der Waals surface area contributed by atoms with Gasteiger partial charge < -0.3 is 9.13 Å². The Morgan fingerprint density at radius 3 is 1.88 bits per heavy atom. The molecule has 0 aliphatic carbocycles. The predicted molar refractivity (Wildman–Crippen MR) is 137 cm³/mol. The fraction of sp³-hybridized carbons (Fsp3) is 0. The number of hydrogen-bond donors (Lipinski definition) is 0. The summed E-state index contributed by atoms with van der Waals surface area (Å²) in [4.78, 5) is 0. The number of nitrogens with zero attached hydrogens (tertiary/aromatic N) is 2. The second-order valence-electron chi connectivity index (χ2n) is 7.96. The third kappa shape index (κ3) is 2.81. The van der Waals surface area contributed by atoms with Crippen molar-refractivity contribution in [3.05, 3.63) is 128 Å². The number of para-hydroxylation sites is 3. The molecule has 2 aromatic heterocycles. The molecule has 4 aromatic carbocycles. The Morgan fingerprint density at radius 1 is 0.594 bits per heavy atom. The quantitative estimate of drug-likeness (QED) is 0.261. The van der Waals surface area contributed by atoms with Gasteiger partial charge in [-0.25, -0.2) is 0 Å². The summed E-state index contributed by atoms with van der Waals surface area (Å²) >= 11 is 0. The summed E-state index contributed by atoms with van der Waals surface area (Å²) in [5.74, 6) is 0. The van der Waals surface area contributed by atoms with Crippen LogP contribution in [0.15, 0.2) is 122 Å². The monoisotopic (exact) mass is 410 g/mol. The lowest BCUT2D eigenvalue weighted by atomic mass is 10.1. The van der Waals surface area contributed by atoms with Gasteiger partial charge in [0.25, 0.3) is 0 Å². The summed E-state index contributed by atoms with van der Waals surface area (Å²) < 4.78 is 4.63. The van der Waals surface area contributed by atoms with Crippen LogP contribution >= 0.6 is 0 Å². The van der Waals surface area contributed by atoms with Crippen molar-refractivity contribution in [2.75, 3.05) is 0 Å².